The average Bonchev–Trinajstić information content (AvgIpc) is 3.11. The van der Waals surface area contributed by atoms with Crippen LogP contribution in [0.1, 0.15) is 42.9 Å². The van der Waals surface area contributed by atoms with E-state index in [0.29, 0.717) is 5.56 Å². The minimum absolute atomic E-state index is 0.179. The maximum atomic E-state index is 13.2. The van der Waals surface area contributed by atoms with E-state index < -0.39 is 11.6 Å². The molecule has 0 bridgehead atoms. The first kappa shape index (κ1) is 16.6. The average molecular weight is 350 g/mol. The smallest absolute Gasteiger partial charge is 0.296 e. The van der Waals surface area contributed by atoms with Gasteiger partial charge in [-0.2, -0.15) is 13.2 Å². The van der Waals surface area contributed by atoms with Crippen LogP contribution in [0.2, 0.25) is 0 Å². The molecule has 4 rings (SSSR count). The zero-order valence-electron chi connectivity index (χ0n) is 14.2. The highest BCUT2D eigenvalue weighted by Gasteiger charge is 2.64. The molecule has 2 fully saturated rings. The predicted molar refractivity (Wildman–Crippen MR) is 87.6 cm³/mol. The van der Waals surface area contributed by atoms with Crippen molar-refractivity contribution in [3.8, 4) is 5.69 Å². The van der Waals surface area contributed by atoms with Crippen LogP contribution < -0.4 is 0 Å². The summed E-state index contributed by atoms with van der Waals surface area (Å²) in [5, 5.41) is 4.54. The Bertz CT molecular complexity index is 754. The fourth-order valence-corrected chi connectivity index (χ4v) is 3.68. The Morgan fingerprint density at radius 1 is 1.08 bits per heavy atom. The molecule has 1 aromatic heterocycles. The van der Waals surface area contributed by atoms with Gasteiger partial charge >= 0.3 is 6.18 Å². The number of alkyl halides is 3. The Morgan fingerprint density at radius 2 is 1.72 bits per heavy atom. The number of aromatic nitrogens is 3. The van der Waals surface area contributed by atoms with Crippen molar-refractivity contribution in [1.29, 1.82) is 0 Å². The fourth-order valence-electron chi connectivity index (χ4n) is 3.68. The van der Waals surface area contributed by atoms with Gasteiger partial charge in [-0.3, -0.25) is 4.90 Å². The van der Waals surface area contributed by atoms with E-state index in [0.717, 1.165) is 37.0 Å². The summed E-state index contributed by atoms with van der Waals surface area (Å²) in [5.41, 5.74) is -0.540. The van der Waals surface area contributed by atoms with Gasteiger partial charge in [-0.15, -0.1) is 5.10 Å². The van der Waals surface area contributed by atoms with Crippen LogP contribution in [0.15, 0.2) is 24.3 Å². The van der Waals surface area contributed by atoms with Gasteiger partial charge in [-0.05, 0) is 63.4 Å². The number of halogens is 3. The largest absolute Gasteiger partial charge is 0.398 e. The van der Waals surface area contributed by atoms with E-state index in [4.69, 9.17) is 0 Å². The lowest BCUT2D eigenvalue weighted by molar-refractivity contribution is -0.160. The van der Waals surface area contributed by atoms with E-state index in [-0.39, 0.29) is 12.8 Å². The molecule has 4 nitrogen and oxygen atoms in total. The van der Waals surface area contributed by atoms with Gasteiger partial charge in [0.25, 0.3) is 0 Å². The Hall–Kier alpha value is -1.89. The van der Waals surface area contributed by atoms with Gasteiger partial charge in [0.05, 0.1) is 17.6 Å². The standard InChI is InChI=1S/C18H21F3N4/c1-13-22-16(12-24-10-2-3-11-24)23-25(13)15-6-4-14(5-7-15)17(8-9-17)18(19,20)21/h4-7H,2-3,8-12H2,1H3. The van der Waals surface area contributed by atoms with Gasteiger partial charge in [0.1, 0.15) is 5.82 Å². The van der Waals surface area contributed by atoms with Gasteiger partial charge in [0, 0.05) is 0 Å². The number of hydrogen-bond acceptors (Lipinski definition) is 3. The normalized spacial score (nSPS) is 20.2. The molecule has 2 aromatic rings. The molecule has 2 heterocycles. The monoisotopic (exact) mass is 350 g/mol. The van der Waals surface area contributed by atoms with E-state index in [9.17, 15) is 13.2 Å². The zero-order valence-corrected chi connectivity index (χ0v) is 14.2. The third kappa shape index (κ3) is 2.94. The topological polar surface area (TPSA) is 34.0 Å². The Kier molecular flexibility index (Phi) is 3.86. The van der Waals surface area contributed by atoms with E-state index >= 15 is 0 Å². The lowest BCUT2D eigenvalue weighted by Gasteiger charge is -2.19. The van der Waals surface area contributed by atoms with Crippen molar-refractivity contribution in [2.45, 2.75) is 50.7 Å². The van der Waals surface area contributed by atoms with Crippen LogP contribution in [-0.4, -0.2) is 38.9 Å². The lowest BCUT2D eigenvalue weighted by atomic mass is 9.95. The molecule has 0 atom stereocenters. The van der Waals surface area contributed by atoms with Gasteiger partial charge in [-0.1, -0.05) is 12.1 Å². The molecule has 0 spiro atoms. The molecule has 1 saturated heterocycles. The molecular formula is C18H21F3N4. The van der Waals surface area contributed by atoms with Crippen LogP contribution >= 0.6 is 0 Å². The maximum Gasteiger partial charge on any atom is 0.398 e. The maximum absolute atomic E-state index is 13.2. The summed E-state index contributed by atoms with van der Waals surface area (Å²) in [6, 6.07) is 6.58. The van der Waals surface area contributed by atoms with Crippen molar-refractivity contribution in [3.05, 3.63) is 41.5 Å². The first-order chi connectivity index (χ1) is 11.9. The number of hydrogen-bond donors (Lipinski definition) is 0. The van der Waals surface area contributed by atoms with Crippen LogP contribution in [0.3, 0.4) is 0 Å². The van der Waals surface area contributed by atoms with Gasteiger partial charge in [0.2, 0.25) is 0 Å². The van der Waals surface area contributed by atoms with Crippen molar-refractivity contribution in [2.24, 2.45) is 0 Å². The number of aryl methyl sites for hydroxylation is 1. The van der Waals surface area contributed by atoms with Crippen molar-refractivity contribution in [3.63, 3.8) is 0 Å². The second-order valence-electron chi connectivity index (χ2n) is 7.10. The molecule has 1 aromatic carbocycles. The Morgan fingerprint density at radius 3 is 2.28 bits per heavy atom. The molecular weight excluding hydrogens is 329 g/mol. The summed E-state index contributed by atoms with van der Waals surface area (Å²) in [7, 11) is 0. The van der Waals surface area contributed by atoms with E-state index in [2.05, 4.69) is 15.0 Å². The second kappa shape index (κ2) is 5.83. The number of likely N-dealkylation sites (tertiary alicyclic amines) is 1. The van der Waals surface area contributed by atoms with E-state index in [1.165, 1.54) is 12.8 Å². The summed E-state index contributed by atoms with van der Waals surface area (Å²) < 4.78 is 41.4. The van der Waals surface area contributed by atoms with Gasteiger partial charge in [0.15, 0.2) is 5.82 Å². The number of rotatable bonds is 4. The molecule has 1 aliphatic heterocycles. The van der Waals surface area contributed by atoms with Crippen LogP contribution in [0.25, 0.3) is 5.69 Å². The van der Waals surface area contributed by atoms with Crippen LogP contribution in [0, 0.1) is 6.92 Å². The minimum Gasteiger partial charge on any atom is -0.296 e. The second-order valence-corrected chi connectivity index (χ2v) is 7.10. The van der Waals surface area contributed by atoms with Crippen molar-refractivity contribution >= 4 is 0 Å². The molecule has 25 heavy (non-hydrogen) atoms. The highest BCUT2D eigenvalue weighted by molar-refractivity contribution is 5.41. The zero-order chi connectivity index (χ0) is 17.7. The molecule has 0 amide bonds. The number of benzene rings is 1. The minimum atomic E-state index is -4.18. The molecule has 0 radical (unpaired) electrons. The predicted octanol–water partition coefficient (Wildman–Crippen LogP) is 3.77. The van der Waals surface area contributed by atoms with Crippen molar-refractivity contribution in [1.82, 2.24) is 19.7 Å². The summed E-state index contributed by atoms with van der Waals surface area (Å²) in [4.78, 5) is 6.83. The highest BCUT2D eigenvalue weighted by Crippen LogP contribution is 2.58. The Labute approximate surface area is 144 Å². The lowest BCUT2D eigenvalue weighted by Crippen LogP contribution is -2.28. The highest BCUT2D eigenvalue weighted by atomic mass is 19.4. The molecule has 2 aliphatic rings. The SMILES string of the molecule is Cc1nc(CN2CCCC2)nn1-c1ccc(C2(C(F)(F)F)CC2)cc1. The molecule has 134 valence electrons. The summed E-state index contributed by atoms with van der Waals surface area (Å²) >= 11 is 0. The summed E-state index contributed by atoms with van der Waals surface area (Å²) in [5.74, 6) is 1.51. The third-order valence-electron chi connectivity index (χ3n) is 5.33. The fraction of sp³-hybridized carbons (Fsp3) is 0.556. The quantitative estimate of drug-likeness (QED) is 0.842. The first-order valence-corrected chi connectivity index (χ1v) is 8.72. The van der Waals surface area contributed by atoms with Crippen LogP contribution in [0.4, 0.5) is 13.2 Å². The Balaban J connectivity index is 1.55. The summed E-state index contributed by atoms with van der Waals surface area (Å²) in [6.07, 6.45) is -1.40. The molecule has 7 heteroatoms. The van der Waals surface area contributed by atoms with Crippen LogP contribution in [0.5, 0.6) is 0 Å². The van der Waals surface area contributed by atoms with Gasteiger partial charge < -0.3 is 0 Å². The van der Waals surface area contributed by atoms with Gasteiger partial charge in [-0.25, -0.2) is 9.67 Å². The van der Waals surface area contributed by atoms with E-state index in [1.807, 2.05) is 6.92 Å². The number of nitrogens with zero attached hydrogens (tertiary/aromatic N) is 4. The van der Waals surface area contributed by atoms with E-state index in [1.54, 1.807) is 28.9 Å². The third-order valence-corrected chi connectivity index (χ3v) is 5.33. The molecule has 1 saturated carbocycles. The van der Waals surface area contributed by atoms with Crippen molar-refractivity contribution < 1.29 is 13.2 Å². The molecule has 1 aliphatic carbocycles. The first-order valence-electron chi connectivity index (χ1n) is 8.72. The summed E-state index contributed by atoms with van der Waals surface area (Å²) in [6.45, 7) is 4.74. The molecule has 0 unspecified atom stereocenters. The van der Waals surface area contributed by atoms with Crippen molar-refractivity contribution in [2.75, 3.05) is 13.1 Å². The molecule has 0 N–H and O–H groups in total. The van der Waals surface area contributed by atoms with Crippen LogP contribution in [-0.2, 0) is 12.0 Å².